The lowest BCUT2D eigenvalue weighted by Gasteiger charge is -2.07. The molecule has 0 unspecified atom stereocenters. The molecule has 1 rings (SSSR count). The lowest BCUT2D eigenvalue weighted by atomic mass is 10.00. The van der Waals surface area contributed by atoms with Crippen LogP contribution >= 0.6 is 0 Å². The first-order chi connectivity index (χ1) is 9.36. The van der Waals surface area contributed by atoms with Crippen molar-refractivity contribution in [1.82, 2.24) is 0 Å². The molecule has 0 aliphatic rings. The van der Waals surface area contributed by atoms with E-state index in [1.54, 1.807) is 12.1 Å². The highest BCUT2D eigenvalue weighted by molar-refractivity contribution is 5.76. The summed E-state index contributed by atoms with van der Waals surface area (Å²) in [6.07, 6.45) is 5.43. The Hall–Kier alpha value is -2.15. The van der Waals surface area contributed by atoms with E-state index in [9.17, 15) is 4.39 Å². The van der Waals surface area contributed by atoms with Crippen molar-refractivity contribution < 1.29 is 4.39 Å². The summed E-state index contributed by atoms with van der Waals surface area (Å²) in [6.45, 7) is 17.2. The first kappa shape index (κ1) is 15.9. The summed E-state index contributed by atoms with van der Waals surface area (Å²) in [4.78, 5) is 0. The molecule has 0 nitrogen and oxygen atoms in total. The number of allylic oxidation sites excluding steroid dienone is 7. The van der Waals surface area contributed by atoms with Crippen LogP contribution in [0.3, 0.4) is 0 Å². The molecule has 0 atom stereocenters. The molecule has 0 amide bonds. The van der Waals surface area contributed by atoms with Gasteiger partial charge in [-0.05, 0) is 43.5 Å². The van der Waals surface area contributed by atoms with Crippen LogP contribution in [-0.2, 0) is 0 Å². The van der Waals surface area contributed by atoms with E-state index in [4.69, 9.17) is 0 Å². The van der Waals surface area contributed by atoms with Gasteiger partial charge in [0.25, 0.3) is 0 Å². The van der Waals surface area contributed by atoms with Gasteiger partial charge >= 0.3 is 0 Å². The molecule has 0 spiro atoms. The first-order valence-electron chi connectivity index (χ1n) is 6.49. The van der Waals surface area contributed by atoms with E-state index in [2.05, 4.69) is 19.7 Å². The maximum Gasteiger partial charge on any atom is 0.131 e. The van der Waals surface area contributed by atoms with E-state index in [-0.39, 0.29) is 5.82 Å². The van der Waals surface area contributed by atoms with Gasteiger partial charge in [-0.3, -0.25) is 0 Å². The Kier molecular flexibility index (Phi) is 5.45. The van der Waals surface area contributed by atoms with Gasteiger partial charge in [0.1, 0.15) is 5.82 Å². The van der Waals surface area contributed by atoms with Crippen molar-refractivity contribution in [2.45, 2.75) is 20.8 Å². The highest BCUT2D eigenvalue weighted by Crippen LogP contribution is 2.23. The molecular weight excluding hydrogens is 247 g/mol. The van der Waals surface area contributed by atoms with Gasteiger partial charge < -0.3 is 0 Å². The molecule has 0 aliphatic heterocycles. The minimum absolute atomic E-state index is 0.266. The fourth-order valence-electron chi connectivity index (χ4n) is 1.64. The Bertz CT molecular complexity index is 613. The molecule has 1 aromatic carbocycles. The second-order valence-electron chi connectivity index (χ2n) is 4.93. The highest BCUT2D eigenvalue weighted by atomic mass is 19.1. The quantitative estimate of drug-likeness (QED) is 0.579. The number of rotatable bonds is 5. The Morgan fingerprint density at radius 1 is 1.10 bits per heavy atom. The molecule has 0 saturated carbocycles. The molecule has 104 valence electrons. The lowest BCUT2D eigenvalue weighted by Crippen LogP contribution is -1.90. The second kappa shape index (κ2) is 6.85. The molecule has 0 aliphatic carbocycles. The number of hydrogen-bond acceptors (Lipinski definition) is 0. The number of hydrogen-bond donors (Lipinski definition) is 0. The monoisotopic (exact) mass is 268 g/mol. The van der Waals surface area contributed by atoms with Crippen LogP contribution in [-0.4, -0.2) is 0 Å². The fourth-order valence-corrected chi connectivity index (χ4v) is 1.64. The van der Waals surface area contributed by atoms with Gasteiger partial charge in [0, 0.05) is 5.56 Å². The average Bonchev–Trinajstić information content (AvgIpc) is 2.40. The van der Waals surface area contributed by atoms with Crippen LogP contribution in [0, 0.1) is 5.82 Å². The number of halogens is 1. The fraction of sp³-hybridized carbons (Fsp3) is 0.158. The topological polar surface area (TPSA) is 0 Å². The summed E-state index contributed by atoms with van der Waals surface area (Å²) in [5.74, 6) is -0.266. The van der Waals surface area contributed by atoms with Crippen LogP contribution in [0.5, 0.6) is 0 Å². The van der Waals surface area contributed by atoms with Gasteiger partial charge in [0.05, 0.1) is 0 Å². The average molecular weight is 268 g/mol. The van der Waals surface area contributed by atoms with Gasteiger partial charge in [0.15, 0.2) is 0 Å². The van der Waals surface area contributed by atoms with E-state index in [1.807, 2.05) is 39.0 Å². The SMILES string of the molecule is C=C/C(=C\C=C(/C)C(=C)C)c1ccc(C(=C)C)cc1F. The predicted octanol–water partition coefficient (Wildman–Crippen LogP) is 5.95. The summed E-state index contributed by atoms with van der Waals surface area (Å²) >= 11 is 0. The van der Waals surface area contributed by atoms with Gasteiger partial charge in [0.2, 0.25) is 0 Å². The van der Waals surface area contributed by atoms with Crippen molar-refractivity contribution >= 4 is 11.1 Å². The van der Waals surface area contributed by atoms with Crippen molar-refractivity contribution in [3.05, 3.63) is 84.3 Å². The van der Waals surface area contributed by atoms with Crippen LogP contribution in [0.25, 0.3) is 11.1 Å². The minimum Gasteiger partial charge on any atom is -0.206 e. The normalized spacial score (nSPS) is 12.2. The zero-order valence-electron chi connectivity index (χ0n) is 12.5. The summed E-state index contributed by atoms with van der Waals surface area (Å²) in [5.41, 5.74) is 4.99. The second-order valence-corrected chi connectivity index (χ2v) is 4.93. The zero-order valence-corrected chi connectivity index (χ0v) is 12.5. The van der Waals surface area contributed by atoms with E-state index >= 15 is 0 Å². The van der Waals surface area contributed by atoms with Crippen molar-refractivity contribution in [2.75, 3.05) is 0 Å². The largest absolute Gasteiger partial charge is 0.206 e. The van der Waals surface area contributed by atoms with Crippen molar-refractivity contribution in [3.8, 4) is 0 Å². The molecule has 1 heteroatoms. The Labute approximate surface area is 121 Å². The molecule has 1 aromatic rings. The van der Waals surface area contributed by atoms with Crippen LogP contribution in [0.4, 0.5) is 4.39 Å². The maximum atomic E-state index is 14.2. The van der Waals surface area contributed by atoms with E-state index in [0.29, 0.717) is 5.56 Å². The summed E-state index contributed by atoms with van der Waals surface area (Å²) in [5, 5.41) is 0. The third-order valence-electron chi connectivity index (χ3n) is 3.18. The Morgan fingerprint density at radius 3 is 2.20 bits per heavy atom. The number of benzene rings is 1. The Morgan fingerprint density at radius 2 is 1.75 bits per heavy atom. The molecular formula is C19H21F. The minimum atomic E-state index is -0.266. The van der Waals surface area contributed by atoms with Crippen LogP contribution in [0.2, 0.25) is 0 Å². The van der Waals surface area contributed by atoms with Crippen LogP contribution in [0.15, 0.2) is 67.3 Å². The molecule has 0 fully saturated rings. The molecule has 0 heterocycles. The van der Waals surface area contributed by atoms with Crippen molar-refractivity contribution in [2.24, 2.45) is 0 Å². The molecule has 0 radical (unpaired) electrons. The van der Waals surface area contributed by atoms with E-state index in [1.165, 1.54) is 6.07 Å². The third-order valence-corrected chi connectivity index (χ3v) is 3.18. The van der Waals surface area contributed by atoms with E-state index in [0.717, 1.165) is 27.9 Å². The van der Waals surface area contributed by atoms with Gasteiger partial charge in [-0.25, -0.2) is 4.39 Å². The van der Waals surface area contributed by atoms with Gasteiger partial charge in [-0.15, -0.1) is 0 Å². The van der Waals surface area contributed by atoms with Gasteiger partial charge in [-0.2, -0.15) is 0 Å². The van der Waals surface area contributed by atoms with E-state index < -0.39 is 0 Å². The zero-order chi connectivity index (χ0) is 15.3. The summed E-state index contributed by atoms with van der Waals surface area (Å²) < 4.78 is 14.2. The predicted molar refractivity (Wildman–Crippen MR) is 87.9 cm³/mol. The lowest BCUT2D eigenvalue weighted by molar-refractivity contribution is 0.624. The first-order valence-corrected chi connectivity index (χ1v) is 6.49. The highest BCUT2D eigenvalue weighted by Gasteiger charge is 2.06. The summed E-state index contributed by atoms with van der Waals surface area (Å²) in [7, 11) is 0. The van der Waals surface area contributed by atoms with Crippen molar-refractivity contribution in [3.63, 3.8) is 0 Å². The van der Waals surface area contributed by atoms with Crippen LogP contribution in [0.1, 0.15) is 31.9 Å². The molecule has 20 heavy (non-hydrogen) atoms. The maximum absolute atomic E-state index is 14.2. The van der Waals surface area contributed by atoms with Gasteiger partial charge in [-0.1, -0.05) is 61.2 Å². The van der Waals surface area contributed by atoms with Crippen molar-refractivity contribution in [1.29, 1.82) is 0 Å². The molecule has 0 aromatic heterocycles. The third kappa shape index (κ3) is 3.92. The van der Waals surface area contributed by atoms with Crippen LogP contribution < -0.4 is 0 Å². The molecule has 0 N–H and O–H groups in total. The molecule has 0 bridgehead atoms. The molecule has 0 saturated heterocycles. The smallest absolute Gasteiger partial charge is 0.131 e. The standard InChI is InChI=1S/C19H21F/c1-7-16(9-8-15(6)13(2)3)18-11-10-17(14(4)5)12-19(18)20/h7-12H,1-2,4H2,3,5-6H3/b15-8+,16-9+. The Balaban J connectivity index is 3.23. The summed E-state index contributed by atoms with van der Waals surface area (Å²) in [6, 6.07) is 5.13.